The van der Waals surface area contributed by atoms with Gasteiger partial charge in [0.05, 0.1) is 36.9 Å². The summed E-state index contributed by atoms with van der Waals surface area (Å²) in [5.41, 5.74) is 3.41. The molecule has 1 fully saturated rings. The van der Waals surface area contributed by atoms with Crippen molar-refractivity contribution in [3.8, 4) is 22.9 Å². The number of pyridine rings is 1. The third-order valence-electron chi connectivity index (χ3n) is 4.68. The molecule has 2 atom stereocenters. The number of hydrogen-bond acceptors (Lipinski definition) is 7. The van der Waals surface area contributed by atoms with Gasteiger partial charge in [-0.05, 0) is 44.5 Å². The first-order valence-corrected chi connectivity index (χ1v) is 8.91. The maximum atomic E-state index is 6.05. The first kappa shape index (κ1) is 17.3. The number of methoxy groups -OCH3 is 1. The summed E-state index contributed by atoms with van der Waals surface area (Å²) in [7, 11) is 1.64. The summed E-state index contributed by atoms with van der Waals surface area (Å²) in [6, 6.07) is 7.79. The molecule has 0 N–H and O–H groups in total. The van der Waals surface area contributed by atoms with E-state index in [2.05, 4.69) is 25.1 Å². The Kier molecular flexibility index (Phi) is 4.66. The Morgan fingerprint density at radius 2 is 1.93 bits per heavy atom. The van der Waals surface area contributed by atoms with Crippen LogP contribution in [0.2, 0.25) is 0 Å². The Morgan fingerprint density at radius 3 is 2.63 bits per heavy atom. The molecule has 0 radical (unpaired) electrons. The minimum absolute atomic E-state index is 0.418. The van der Waals surface area contributed by atoms with Gasteiger partial charge in [0.25, 0.3) is 0 Å². The number of rotatable bonds is 6. The lowest BCUT2D eigenvalue weighted by molar-refractivity contribution is 0.285. The second-order valence-corrected chi connectivity index (χ2v) is 6.73. The summed E-state index contributed by atoms with van der Waals surface area (Å²) in [6.45, 7) is 4.33. The molecule has 138 valence electrons. The molecule has 0 unspecified atom stereocenters. The highest BCUT2D eigenvalue weighted by Gasteiger charge is 2.40. The molecule has 1 aliphatic rings. The van der Waals surface area contributed by atoms with E-state index < -0.39 is 0 Å². The van der Waals surface area contributed by atoms with E-state index in [1.54, 1.807) is 19.5 Å². The van der Waals surface area contributed by atoms with Crippen LogP contribution in [-0.2, 0) is 0 Å². The van der Waals surface area contributed by atoms with Crippen molar-refractivity contribution in [1.29, 1.82) is 0 Å². The van der Waals surface area contributed by atoms with Crippen molar-refractivity contribution in [2.45, 2.75) is 26.2 Å². The van der Waals surface area contributed by atoms with Crippen LogP contribution in [0.1, 0.15) is 29.6 Å². The molecule has 0 aliphatic heterocycles. The summed E-state index contributed by atoms with van der Waals surface area (Å²) >= 11 is 0. The molecular weight excluding hydrogens is 342 g/mol. The van der Waals surface area contributed by atoms with Crippen molar-refractivity contribution >= 4 is 0 Å². The molecule has 27 heavy (non-hydrogen) atoms. The largest absolute Gasteiger partial charge is 0.495 e. The van der Waals surface area contributed by atoms with Gasteiger partial charge in [0.1, 0.15) is 11.6 Å². The Labute approximate surface area is 157 Å². The number of ether oxygens (including phenoxy) is 2. The van der Waals surface area contributed by atoms with Gasteiger partial charge in [-0.25, -0.2) is 4.98 Å². The van der Waals surface area contributed by atoms with Crippen molar-refractivity contribution in [2.75, 3.05) is 13.7 Å². The number of aryl methyl sites for hydroxylation is 2. The monoisotopic (exact) mass is 363 g/mol. The van der Waals surface area contributed by atoms with Crippen LogP contribution in [0, 0.1) is 19.8 Å². The minimum Gasteiger partial charge on any atom is -0.495 e. The van der Waals surface area contributed by atoms with Gasteiger partial charge in [-0.15, -0.1) is 0 Å². The summed E-state index contributed by atoms with van der Waals surface area (Å²) < 4.78 is 11.2. The van der Waals surface area contributed by atoms with Gasteiger partial charge < -0.3 is 9.47 Å². The molecule has 4 rings (SSSR count). The molecule has 0 aromatic carbocycles. The van der Waals surface area contributed by atoms with E-state index >= 15 is 0 Å². The molecular formula is C20H21N5O2. The van der Waals surface area contributed by atoms with E-state index in [0.717, 1.165) is 29.1 Å². The first-order valence-electron chi connectivity index (χ1n) is 8.91. The van der Waals surface area contributed by atoms with E-state index in [1.165, 1.54) is 0 Å². The normalized spacial score (nSPS) is 18.2. The van der Waals surface area contributed by atoms with Gasteiger partial charge in [0, 0.05) is 23.7 Å². The summed E-state index contributed by atoms with van der Waals surface area (Å²) in [6.07, 6.45) is 4.56. The zero-order chi connectivity index (χ0) is 18.8. The molecule has 1 aliphatic carbocycles. The zero-order valence-corrected chi connectivity index (χ0v) is 15.6. The van der Waals surface area contributed by atoms with Crippen LogP contribution in [-0.4, -0.2) is 38.9 Å². The molecule has 0 saturated heterocycles. The maximum absolute atomic E-state index is 6.05. The van der Waals surface area contributed by atoms with Crippen molar-refractivity contribution < 1.29 is 9.47 Å². The van der Waals surface area contributed by atoms with Crippen LogP contribution in [0.15, 0.2) is 36.7 Å². The third-order valence-corrected chi connectivity index (χ3v) is 4.68. The minimum atomic E-state index is 0.418. The quantitative estimate of drug-likeness (QED) is 0.665. The van der Waals surface area contributed by atoms with Gasteiger partial charge in [0.2, 0.25) is 5.88 Å². The van der Waals surface area contributed by atoms with Crippen LogP contribution in [0.25, 0.3) is 11.3 Å². The van der Waals surface area contributed by atoms with Crippen LogP contribution < -0.4 is 9.47 Å². The Hall–Kier alpha value is -3.09. The summed E-state index contributed by atoms with van der Waals surface area (Å²) in [4.78, 5) is 13.2. The number of aromatic nitrogens is 5. The standard InChI is InChI=1S/C20H21N5O2/c1-12-4-6-19(25-24-12)17-10-21-13(2)23-20(17)27-11-14-8-16(14)18-7-5-15(26-3)9-22-18/h4-7,9-10,14,16H,8,11H2,1-3H3/t14-,16+/m1/s1. The second-order valence-electron chi connectivity index (χ2n) is 6.73. The lowest BCUT2D eigenvalue weighted by atomic mass is 10.2. The Balaban J connectivity index is 1.45. The average molecular weight is 363 g/mol. The fourth-order valence-corrected chi connectivity index (χ4v) is 2.99. The molecule has 7 nitrogen and oxygen atoms in total. The van der Waals surface area contributed by atoms with E-state index in [9.17, 15) is 0 Å². The van der Waals surface area contributed by atoms with Gasteiger partial charge >= 0.3 is 0 Å². The van der Waals surface area contributed by atoms with Gasteiger partial charge in [-0.2, -0.15) is 15.2 Å². The Morgan fingerprint density at radius 1 is 1.04 bits per heavy atom. The fraction of sp³-hybridized carbons (Fsp3) is 0.350. The number of hydrogen-bond donors (Lipinski definition) is 0. The highest BCUT2D eigenvalue weighted by molar-refractivity contribution is 5.63. The van der Waals surface area contributed by atoms with Crippen molar-refractivity contribution in [1.82, 2.24) is 25.1 Å². The molecule has 3 heterocycles. The average Bonchev–Trinajstić information content (AvgIpc) is 3.47. The molecule has 0 spiro atoms. The predicted octanol–water partition coefficient (Wildman–Crippen LogP) is 3.14. The summed E-state index contributed by atoms with van der Waals surface area (Å²) in [5, 5.41) is 8.34. The smallest absolute Gasteiger partial charge is 0.226 e. The van der Waals surface area contributed by atoms with Crippen LogP contribution >= 0.6 is 0 Å². The third kappa shape index (κ3) is 3.86. The molecule has 7 heteroatoms. The highest BCUT2D eigenvalue weighted by Crippen LogP contribution is 2.47. The van der Waals surface area contributed by atoms with E-state index in [4.69, 9.17) is 9.47 Å². The van der Waals surface area contributed by atoms with Crippen LogP contribution in [0.3, 0.4) is 0 Å². The topological polar surface area (TPSA) is 82.9 Å². The van der Waals surface area contributed by atoms with E-state index in [0.29, 0.717) is 35.8 Å². The number of nitrogens with zero attached hydrogens (tertiary/aromatic N) is 5. The second kappa shape index (κ2) is 7.26. The van der Waals surface area contributed by atoms with Gasteiger partial charge in [0.15, 0.2) is 0 Å². The van der Waals surface area contributed by atoms with Gasteiger partial charge in [-0.1, -0.05) is 0 Å². The fourth-order valence-electron chi connectivity index (χ4n) is 2.99. The first-order chi connectivity index (χ1) is 13.1. The molecule has 3 aromatic heterocycles. The molecule has 1 saturated carbocycles. The summed E-state index contributed by atoms with van der Waals surface area (Å²) in [5.74, 6) is 2.83. The SMILES string of the molecule is COc1ccc([C@H]2C[C@@H]2COc2nc(C)ncc2-c2ccc(C)nn2)nc1. The molecule has 3 aromatic rings. The Bertz CT molecular complexity index is 928. The highest BCUT2D eigenvalue weighted by atomic mass is 16.5. The van der Waals surface area contributed by atoms with Gasteiger partial charge in [-0.3, -0.25) is 4.98 Å². The van der Waals surface area contributed by atoms with Crippen molar-refractivity contribution in [3.05, 3.63) is 53.9 Å². The lowest BCUT2D eigenvalue weighted by Gasteiger charge is -2.10. The van der Waals surface area contributed by atoms with Crippen LogP contribution in [0.4, 0.5) is 0 Å². The zero-order valence-electron chi connectivity index (χ0n) is 15.6. The maximum Gasteiger partial charge on any atom is 0.226 e. The van der Waals surface area contributed by atoms with Crippen molar-refractivity contribution in [3.63, 3.8) is 0 Å². The van der Waals surface area contributed by atoms with Crippen molar-refractivity contribution in [2.24, 2.45) is 5.92 Å². The molecule has 0 bridgehead atoms. The van der Waals surface area contributed by atoms with E-state index in [-0.39, 0.29) is 0 Å². The van der Waals surface area contributed by atoms with E-state index in [1.807, 2.05) is 38.1 Å². The molecule has 0 amide bonds. The predicted molar refractivity (Wildman–Crippen MR) is 99.7 cm³/mol. The van der Waals surface area contributed by atoms with Crippen LogP contribution in [0.5, 0.6) is 11.6 Å². The lowest BCUT2D eigenvalue weighted by Crippen LogP contribution is -2.06.